The van der Waals surface area contributed by atoms with Crippen LogP contribution in [-0.4, -0.2) is 17.1 Å². The Labute approximate surface area is 105 Å². The van der Waals surface area contributed by atoms with Crippen LogP contribution in [0.15, 0.2) is 36.7 Å². The highest BCUT2D eigenvalue weighted by Crippen LogP contribution is 2.22. The molecule has 1 aromatic carbocycles. The molecule has 0 amide bonds. The molecule has 2 rings (SSSR count). The number of nitrogens with zero attached hydrogens (tertiary/aromatic N) is 2. The number of hydrogen-bond donors (Lipinski definition) is 1. The van der Waals surface area contributed by atoms with Crippen LogP contribution in [0.1, 0.15) is 5.56 Å². The van der Waals surface area contributed by atoms with Gasteiger partial charge in [0.2, 0.25) is 5.88 Å². The molecule has 0 saturated heterocycles. The molecule has 1 heterocycles. The fraction of sp³-hybridized carbons (Fsp3) is 0.167. The van der Waals surface area contributed by atoms with Crippen LogP contribution < -0.4 is 10.1 Å². The summed E-state index contributed by atoms with van der Waals surface area (Å²) in [7, 11) is 1.57. The van der Waals surface area contributed by atoms with E-state index in [0.717, 1.165) is 11.3 Å². The molecule has 1 aromatic heterocycles. The number of rotatable bonds is 4. The number of aromatic nitrogens is 2. The maximum Gasteiger partial charge on any atom is 0.218 e. The van der Waals surface area contributed by atoms with E-state index in [-0.39, 0.29) is 0 Å². The average Bonchev–Trinajstić information content (AvgIpc) is 2.39. The number of benzene rings is 1. The monoisotopic (exact) mass is 249 g/mol. The first kappa shape index (κ1) is 11.7. The van der Waals surface area contributed by atoms with Gasteiger partial charge in [0.15, 0.2) is 0 Å². The fourth-order valence-corrected chi connectivity index (χ4v) is 1.65. The van der Waals surface area contributed by atoms with Gasteiger partial charge in [-0.3, -0.25) is 0 Å². The summed E-state index contributed by atoms with van der Waals surface area (Å²) < 4.78 is 5.03. The van der Waals surface area contributed by atoms with Crippen molar-refractivity contribution in [3.05, 3.63) is 42.2 Å². The summed E-state index contributed by atoms with van der Waals surface area (Å²) in [5, 5.41) is 3.18. The Balaban J connectivity index is 2.24. The first-order valence-electron chi connectivity index (χ1n) is 5.10. The van der Waals surface area contributed by atoms with Crippen molar-refractivity contribution >= 4 is 23.1 Å². The highest BCUT2D eigenvalue weighted by Gasteiger charge is 2.03. The lowest BCUT2D eigenvalue weighted by atomic mass is 10.2. The number of methoxy groups -OCH3 is 1. The van der Waals surface area contributed by atoms with Crippen molar-refractivity contribution in [1.29, 1.82) is 0 Å². The largest absolute Gasteiger partial charge is 0.481 e. The lowest BCUT2D eigenvalue weighted by molar-refractivity contribution is 0.397. The zero-order valence-electron chi connectivity index (χ0n) is 9.35. The summed E-state index contributed by atoms with van der Waals surface area (Å²) in [6.45, 7) is 0. The van der Waals surface area contributed by atoms with Crippen LogP contribution in [0.5, 0.6) is 5.88 Å². The fourth-order valence-electron chi connectivity index (χ4n) is 1.42. The Bertz CT molecular complexity index is 505. The second-order valence-corrected chi connectivity index (χ2v) is 3.63. The third kappa shape index (κ3) is 2.85. The SMILES string of the molecule is COc1cc(Nc2ccccc2CCl)ncn1. The van der Waals surface area contributed by atoms with Gasteiger partial charge < -0.3 is 10.1 Å². The Morgan fingerprint density at radius 1 is 1.29 bits per heavy atom. The standard InChI is InChI=1S/C12H12ClN3O/c1-17-12-6-11(14-8-15-12)16-10-5-3-2-4-9(10)7-13/h2-6,8H,7H2,1H3,(H,14,15,16). The van der Waals surface area contributed by atoms with E-state index in [4.69, 9.17) is 16.3 Å². The first-order valence-corrected chi connectivity index (χ1v) is 5.64. The van der Waals surface area contributed by atoms with Crippen molar-refractivity contribution in [2.45, 2.75) is 5.88 Å². The smallest absolute Gasteiger partial charge is 0.218 e. The van der Waals surface area contributed by atoms with Gasteiger partial charge >= 0.3 is 0 Å². The number of alkyl halides is 1. The van der Waals surface area contributed by atoms with Crippen LogP contribution in [0.3, 0.4) is 0 Å². The molecular weight excluding hydrogens is 238 g/mol. The minimum absolute atomic E-state index is 0.450. The summed E-state index contributed by atoms with van der Waals surface area (Å²) in [6.07, 6.45) is 1.45. The summed E-state index contributed by atoms with van der Waals surface area (Å²) in [4.78, 5) is 8.06. The van der Waals surface area contributed by atoms with Gasteiger partial charge in [-0.25, -0.2) is 9.97 Å². The van der Waals surface area contributed by atoms with Gasteiger partial charge in [0.1, 0.15) is 12.1 Å². The van der Waals surface area contributed by atoms with E-state index in [1.165, 1.54) is 6.33 Å². The van der Waals surface area contributed by atoms with E-state index in [0.29, 0.717) is 17.6 Å². The van der Waals surface area contributed by atoms with E-state index in [9.17, 15) is 0 Å². The molecule has 0 aliphatic rings. The van der Waals surface area contributed by atoms with E-state index in [1.807, 2.05) is 24.3 Å². The number of nitrogens with one attached hydrogen (secondary N) is 1. The molecule has 0 atom stereocenters. The molecule has 0 unspecified atom stereocenters. The van der Waals surface area contributed by atoms with Gasteiger partial charge in [-0.2, -0.15) is 0 Å². The number of halogens is 1. The van der Waals surface area contributed by atoms with Gasteiger partial charge in [-0.15, -0.1) is 11.6 Å². The van der Waals surface area contributed by atoms with Crippen molar-refractivity contribution in [2.75, 3.05) is 12.4 Å². The van der Waals surface area contributed by atoms with Gasteiger partial charge in [-0.1, -0.05) is 18.2 Å². The molecule has 0 spiro atoms. The summed E-state index contributed by atoms with van der Waals surface area (Å²) in [5.41, 5.74) is 1.95. The van der Waals surface area contributed by atoms with Gasteiger partial charge in [-0.05, 0) is 11.6 Å². The lowest BCUT2D eigenvalue weighted by Gasteiger charge is -2.09. The van der Waals surface area contributed by atoms with Crippen molar-refractivity contribution in [3.8, 4) is 5.88 Å². The average molecular weight is 250 g/mol. The summed E-state index contributed by atoms with van der Waals surface area (Å²) in [5.74, 6) is 1.64. The molecule has 5 heteroatoms. The second kappa shape index (κ2) is 5.50. The molecular formula is C12H12ClN3O. The summed E-state index contributed by atoms with van der Waals surface area (Å²) in [6, 6.07) is 9.53. The summed E-state index contributed by atoms with van der Waals surface area (Å²) >= 11 is 5.86. The quantitative estimate of drug-likeness (QED) is 0.847. The highest BCUT2D eigenvalue weighted by molar-refractivity contribution is 6.17. The predicted octanol–water partition coefficient (Wildman–Crippen LogP) is 2.97. The van der Waals surface area contributed by atoms with E-state index < -0.39 is 0 Å². The Hall–Kier alpha value is -1.81. The lowest BCUT2D eigenvalue weighted by Crippen LogP contribution is -1.98. The molecule has 0 radical (unpaired) electrons. The molecule has 0 aliphatic carbocycles. The minimum atomic E-state index is 0.450. The van der Waals surface area contributed by atoms with Crippen LogP contribution in [0, 0.1) is 0 Å². The van der Waals surface area contributed by atoms with Crippen LogP contribution in [0.2, 0.25) is 0 Å². The van der Waals surface area contributed by atoms with Crippen LogP contribution in [-0.2, 0) is 5.88 Å². The topological polar surface area (TPSA) is 47.0 Å². The first-order chi connectivity index (χ1) is 8.33. The van der Waals surface area contributed by atoms with Crippen LogP contribution in [0.4, 0.5) is 11.5 Å². The third-order valence-corrected chi connectivity index (χ3v) is 2.56. The predicted molar refractivity (Wildman–Crippen MR) is 67.9 cm³/mol. The molecule has 88 valence electrons. The Kier molecular flexibility index (Phi) is 3.77. The maximum absolute atomic E-state index is 5.86. The van der Waals surface area contributed by atoms with E-state index >= 15 is 0 Å². The normalized spacial score (nSPS) is 10.0. The van der Waals surface area contributed by atoms with Crippen LogP contribution >= 0.6 is 11.6 Å². The van der Waals surface area contributed by atoms with Crippen molar-refractivity contribution < 1.29 is 4.74 Å². The molecule has 4 nitrogen and oxygen atoms in total. The number of ether oxygens (including phenoxy) is 1. The third-order valence-electron chi connectivity index (χ3n) is 2.28. The van der Waals surface area contributed by atoms with Crippen molar-refractivity contribution in [3.63, 3.8) is 0 Å². The van der Waals surface area contributed by atoms with Crippen molar-refractivity contribution in [1.82, 2.24) is 9.97 Å². The van der Waals surface area contributed by atoms with Gasteiger partial charge in [0, 0.05) is 17.6 Å². The van der Waals surface area contributed by atoms with Crippen molar-refractivity contribution in [2.24, 2.45) is 0 Å². The molecule has 17 heavy (non-hydrogen) atoms. The minimum Gasteiger partial charge on any atom is -0.481 e. The zero-order chi connectivity index (χ0) is 12.1. The zero-order valence-corrected chi connectivity index (χ0v) is 10.1. The molecule has 0 bridgehead atoms. The molecule has 0 aliphatic heterocycles. The van der Waals surface area contributed by atoms with E-state index in [1.54, 1.807) is 13.2 Å². The molecule has 1 N–H and O–H groups in total. The number of para-hydroxylation sites is 1. The number of anilines is 2. The Morgan fingerprint density at radius 3 is 2.88 bits per heavy atom. The van der Waals surface area contributed by atoms with Crippen LogP contribution in [0.25, 0.3) is 0 Å². The van der Waals surface area contributed by atoms with Gasteiger partial charge in [0.25, 0.3) is 0 Å². The maximum atomic E-state index is 5.86. The molecule has 0 fully saturated rings. The highest BCUT2D eigenvalue weighted by atomic mass is 35.5. The van der Waals surface area contributed by atoms with Gasteiger partial charge in [0.05, 0.1) is 7.11 Å². The second-order valence-electron chi connectivity index (χ2n) is 3.36. The Morgan fingerprint density at radius 2 is 2.12 bits per heavy atom. The van der Waals surface area contributed by atoms with E-state index in [2.05, 4.69) is 15.3 Å². The number of hydrogen-bond acceptors (Lipinski definition) is 4. The molecule has 0 saturated carbocycles. The molecule has 2 aromatic rings.